The second-order valence-corrected chi connectivity index (χ2v) is 9.31. The maximum absolute atomic E-state index is 14.9. The number of carbonyl (C=O) groups is 1. The van der Waals surface area contributed by atoms with Crippen molar-refractivity contribution in [2.75, 3.05) is 5.32 Å². The molecule has 4 aromatic heterocycles. The number of anilines is 1. The van der Waals surface area contributed by atoms with Gasteiger partial charge < -0.3 is 14.6 Å². The number of carbonyl (C=O) groups excluding carboxylic acids is 1. The molecule has 0 radical (unpaired) electrons. The Morgan fingerprint density at radius 3 is 2.57 bits per heavy atom. The molecule has 0 aliphatic carbocycles. The summed E-state index contributed by atoms with van der Waals surface area (Å²) >= 11 is 1.48. The van der Waals surface area contributed by atoms with E-state index in [1.807, 2.05) is 57.6 Å². The minimum absolute atomic E-state index is 0.0172. The molecule has 0 fully saturated rings. The maximum atomic E-state index is 14.9. The number of thiophene rings is 1. The number of nitrogens with zero attached hydrogens (tertiary/aromatic N) is 4. The Hall–Kier alpha value is -4.11. The summed E-state index contributed by atoms with van der Waals surface area (Å²) in [4.78, 5) is 26.5. The van der Waals surface area contributed by atoms with Gasteiger partial charge in [-0.15, -0.1) is 11.3 Å². The van der Waals surface area contributed by atoms with Crippen LogP contribution in [0.1, 0.15) is 30.7 Å². The van der Waals surface area contributed by atoms with Crippen molar-refractivity contribution in [2.24, 2.45) is 7.05 Å². The van der Waals surface area contributed by atoms with Crippen LogP contribution in [-0.2, 0) is 18.3 Å². The van der Waals surface area contributed by atoms with Crippen LogP contribution in [0.3, 0.4) is 0 Å². The second-order valence-electron chi connectivity index (χ2n) is 8.26. The SMILES string of the molecule is CC.Cc1cc(C)nc(NC(=O)Cc2ccc(Oc3ccnc4cc(-c5nccn5C)sc34)c(F)c2)c1. The zero-order valence-electron chi connectivity index (χ0n) is 21.4. The van der Waals surface area contributed by atoms with Gasteiger partial charge in [0.25, 0.3) is 0 Å². The molecule has 0 aliphatic heterocycles. The lowest BCUT2D eigenvalue weighted by atomic mass is 10.1. The maximum Gasteiger partial charge on any atom is 0.229 e. The van der Waals surface area contributed by atoms with Crippen LogP contribution >= 0.6 is 11.3 Å². The van der Waals surface area contributed by atoms with Gasteiger partial charge in [-0.25, -0.2) is 14.4 Å². The molecule has 0 aliphatic rings. The van der Waals surface area contributed by atoms with Gasteiger partial charge in [0.2, 0.25) is 5.91 Å². The number of halogens is 1. The molecule has 0 bridgehead atoms. The average molecular weight is 518 g/mol. The molecule has 4 heterocycles. The molecule has 0 saturated heterocycles. The number of nitrogens with one attached hydrogen (secondary N) is 1. The lowest BCUT2D eigenvalue weighted by molar-refractivity contribution is -0.115. The fraction of sp³-hybridized carbons (Fsp3) is 0.214. The molecule has 9 heteroatoms. The number of hydrogen-bond acceptors (Lipinski definition) is 6. The number of ether oxygens (including phenoxy) is 1. The topological polar surface area (TPSA) is 81.9 Å². The molecule has 0 saturated carbocycles. The Morgan fingerprint density at radius 2 is 1.86 bits per heavy atom. The van der Waals surface area contributed by atoms with E-state index < -0.39 is 5.82 Å². The number of pyridine rings is 2. The Kier molecular flexibility index (Phi) is 7.93. The van der Waals surface area contributed by atoms with Gasteiger partial charge in [0.05, 0.1) is 21.5 Å². The van der Waals surface area contributed by atoms with Crippen molar-refractivity contribution < 1.29 is 13.9 Å². The van der Waals surface area contributed by atoms with Gasteiger partial charge in [-0.2, -0.15) is 0 Å². The summed E-state index contributed by atoms with van der Waals surface area (Å²) in [6.07, 6.45) is 5.26. The molecule has 1 amide bonds. The van der Waals surface area contributed by atoms with Gasteiger partial charge in [-0.1, -0.05) is 19.9 Å². The van der Waals surface area contributed by atoms with Crippen molar-refractivity contribution in [2.45, 2.75) is 34.1 Å². The van der Waals surface area contributed by atoms with Gasteiger partial charge in [-0.05, 0) is 55.3 Å². The first-order valence-electron chi connectivity index (χ1n) is 11.9. The summed E-state index contributed by atoms with van der Waals surface area (Å²) in [5, 5.41) is 2.77. The summed E-state index contributed by atoms with van der Waals surface area (Å²) < 4.78 is 23.6. The molecule has 1 aromatic carbocycles. The lowest BCUT2D eigenvalue weighted by Gasteiger charge is -2.10. The van der Waals surface area contributed by atoms with Crippen LogP contribution in [0.15, 0.2) is 61.1 Å². The smallest absolute Gasteiger partial charge is 0.229 e. The highest BCUT2D eigenvalue weighted by Crippen LogP contribution is 2.39. The first-order chi connectivity index (χ1) is 17.9. The van der Waals surface area contributed by atoms with Crippen LogP contribution in [0.2, 0.25) is 0 Å². The lowest BCUT2D eigenvalue weighted by Crippen LogP contribution is -2.15. The van der Waals surface area contributed by atoms with Crippen LogP contribution in [0.5, 0.6) is 11.5 Å². The molecule has 0 atom stereocenters. The highest BCUT2D eigenvalue weighted by molar-refractivity contribution is 7.22. The summed E-state index contributed by atoms with van der Waals surface area (Å²) in [7, 11) is 1.92. The van der Waals surface area contributed by atoms with Gasteiger partial charge >= 0.3 is 0 Å². The van der Waals surface area contributed by atoms with Crippen LogP contribution in [-0.4, -0.2) is 25.4 Å². The van der Waals surface area contributed by atoms with E-state index in [4.69, 9.17) is 4.74 Å². The first kappa shape index (κ1) is 26.0. The van der Waals surface area contributed by atoms with Gasteiger partial charge in [0.15, 0.2) is 11.6 Å². The van der Waals surface area contributed by atoms with E-state index in [2.05, 4.69) is 20.3 Å². The largest absolute Gasteiger partial charge is 0.453 e. The van der Waals surface area contributed by atoms with Crippen molar-refractivity contribution in [1.29, 1.82) is 0 Å². The molecule has 0 spiro atoms. The molecular weight excluding hydrogens is 489 g/mol. The third-order valence-corrected chi connectivity index (χ3v) is 6.50. The van der Waals surface area contributed by atoms with E-state index in [0.717, 1.165) is 32.2 Å². The number of imidazole rings is 1. The number of amides is 1. The van der Waals surface area contributed by atoms with E-state index in [-0.39, 0.29) is 18.1 Å². The highest BCUT2D eigenvalue weighted by atomic mass is 32.1. The van der Waals surface area contributed by atoms with Crippen LogP contribution in [0.25, 0.3) is 20.9 Å². The normalized spacial score (nSPS) is 10.6. The summed E-state index contributed by atoms with van der Waals surface area (Å²) in [5.41, 5.74) is 3.10. The van der Waals surface area contributed by atoms with Gasteiger partial charge in [0, 0.05) is 37.4 Å². The number of hydrogen-bond donors (Lipinski definition) is 1. The number of rotatable bonds is 6. The zero-order chi connectivity index (χ0) is 26.5. The molecule has 0 unspecified atom stereocenters. The fourth-order valence-electron chi connectivity index (χ4n) is 3.84. The van der Waals surface area contributed by atoms with Crippen molar-refractivity contribution in [3.05, 3.63) is 83.7 Å². The fourth-order valence-corrected chi connectivity index (χ4v) is 4.95. The summed E-state index contributed by atoms with van der Waals surface area (Å²) in [6.45, 7) is 7.80. The van der Waals surface area contributed by atoms with E-state index in [0.29, 0.717) is 17.1 Å². The van der Waals surface area contributed by atoms with Crippen LogP contribution < -0.4 is 10.1 Å². The Morgan fingerprint density at radius 1 is 1.05 bits per heavy atom. The molecular formula is C28H28FN5O2S. The van der Waals surface area contributed by atoms with Gasteiger partial charge in [-0.3, -0.25) is 9.78 Å². The summed E-state index contributed by atoms with van der Waals surface area (Å²) in [5.74, 6) is 1.06. The van der Waals surface area contributed by atoms with E-state index in [1.165, 1.54) is 23.5 Å². The van der Waals surface area contributed by atoms with Crippen LogP contribution in [0.4, 0.5) is 10.2 Å². The number of aryl methyl sites for hydroxylation is 3. The van der Waals surface area contributed by atoms with Crippen LogP contribution in [0, 0.1) is 19.7 Å². The van der Waals surface area contributed by atoms with Crippen molar-refractivity contribution in [3.8, 4) is 22.2 Å². The first-order valence-corrected chi connectivity index (χ1v) is 12.7. The zero-order valence-corrected chi connectivity index (χ0v) is 22.2. The minimum atomic E-state index is -0.550. The van der Waals surface area contributed by atoms with Gasteiger partial charge in [0.1, 0.15) is 17.4 Å². The molecule has 37 heavy (non-hydrogen) atoms. The molecule has 5 rings (SSSR count). The molecule has 1 N–H and O–H groups in total. The Balaban J connectivity index is 0.00000156. The van der Waals surface area contributed by atoms with E-state index in [9.17, 15) is 9.18 Å². The van der Waals surface area contributed by atoms with Crippen molar-refractivity contribution in [3.63, 3.8) is 0 Å². The monoisotopic (exact) mass is 517 g/mol. The number of aromatic nitrogens is 4. The number of benzene rings is 1. The molecule has 190 valence electrons. The average Bonchev–Trinajstić information content (AvgIpc) is 3.47. The van der Waals surface area contributed by atoms with Crippen molar-refractivity contribution >= 4 is 33.3 Å². The molecule has 7 nitrogen and oxygen atoms in total. The molecule has 5 aromatic rings. The third-order valence-electron chi connectivity index (χ3n) is 5.36. The second kappa shape index (κ2) is 11.3. The number of fused-ring (bicyclic) bond motifs is 1. The minimum Gasteiger partial charge on any atom is -0.453 e. The van der Waals surface area contributed by atoms with E-state index in [1.54, 1.807) is 30.6 Å². The summed E-state index contributed by atoms with van der Waals surface area (Å²) in [6, 6.07) is 11.9. The Labute approximate surface area is 219 Å². The standard InChI is InChI=1S/C26H22FN5O2S.C2H6/c1-15-10-16(2)30-23(11-15)31-24(33)13-17-4-5-20(18(27)12-17)34-21-6-7-28-19-14-22(35-25(19)21)26-29-8-9-32(26)3;1-2/h4-12,14H,13H2,1-3H3,(H,30,31,33);1-2H3. The van der Waals surface area contributed by atoms with E-state index >= 15 is 0 Å². The predicted molar refractivity (Wildman–Crippen MR) is 146 cm³/mol. The van der Waals surface area contributed by atoms with Crippen molar-refractivity contribution in [1.82, 2.24) is 19.5 Å². The Bertz CT molecular complexity index is 1540. The quantitative estimate of drug-likeness (QED) is 0.266. The highest BCUT2D eigenvalue weighted by Gasteiger charge is 2.15. The third kappa shape index (κ3) is 6.00. The predicted octanol–water partition coefficient (Wildman–Crippen LogP) is 6.85.